The minimum atomic E-state index is 0.562. The van der Waals surface area contributed by atoms with Crippen molar-refractivity contribution >= 4 is 20.1 Å². The Hall–Kier alpha value is 0.168. The molecular weight excluding hydrogens is 135 g/mol. The van der Waals surface area contributed by atoms with Crippen LogP contribution in [0.2, 0.25) is 4.71 Å². The van der Waals surface area contributed by atoms with Gasteiger partial charge >= 0.3 is 43.9 Å². The summed E-state index contributed by atoms with van der Waals surface area (Å²) >= 11 is 0.562. The van der Waals surface area contributed by atoms with Crippen molar-refractivity contribution in [2.45, 2.75) is 11.6 Å². The third kappa shape index (κ3) is 0.814. The molecule has 0 radical (unpaired) electrons. The molecular formula is C5H7As. The second-order valence-corrected chi connectivity index (χ2v) is 4.38. The summed E-state index contributed by atoms with van der Waals surface area (Å²) in [6.45, 7) is 2.26. The van der Waals surface area contributed by atoms with E-state index in [0.717, 1.165) is 4.71 Å². The maximum atomic E-state index is 2.29. The second-order valence-electron chi connectivity index (χ2n) is 1.42. The summed E-state index contributed by atoms with van der Waals surface area (Å²) in [5, 5.41) is 0. The molecule has 0 fully saturated rings. The van der Waals surface area contributed by atoms with E-state index in [0.29, 0.717) is 15.3 Å². The molecule has 0 aromatic heterocycles. The van der Waals surface area contributed by atoms with Crippen LogP contribution in [-0.2, 0) is 0 Å². The number of hydrogen-bond donors (Lipinski definition) is 0. The molecule has 1 atom stereocenters. The van der Waals surface area contributed by atoms with Crippen LogP contribution in [0.25, 0.3) is 0 Å². The van der Waals surface area contributed by atoms with Crippen molar-refractivity contribution in [2.24, 2.45) is 0 Å². The number of allylic oxidation sites excluding steroid dienone is 2. The topological polar surface area (TPSA) is 0 Å². The summed E-state index contributed by atoms with van der Waals surface area (Å²) in [7, 11) is 0. The van der Waals surface area contributed by atoms with E-state index in [1.54, 1.807) is 0 Å². The molecule has 0 saturated heterocycles. The first-order valence-electron chi connectivity index (χ1n) is 2.09. The normalized spacial score (nSPS) is 31.8. The SMILES string of the molecule is CC1C=CC=[As]1. The van der Waals surface area contributed by atoms with Crippen molar-refractivity contribution in [1.82, 2.24) is 0 Å². The van der Waals surface area contributed by atoms with Crippen molar-refractivity contribution in [3.05, 3.63) is 12.2 Å². The Bertz CT molecular complexity index is 80.1. The average molecular weight is 142 g/mol. The fourth-order valence-corrected chi connectivity index (χ4v) is 1.85. The van der Waals surface area contributed by atoms with Gasteiger partial charge in [0.2, 0.25) is 0 Å². The Morgan fingerprint density at radius 2 is 2.50 bits per heavy atom. The van der Waals surface area contributed by atoms with E-state index in [1.807, 2.05) is 0 Å². The Labute approximate surface area is 44.5 Å². The van der Waals surface area contributed by atoms with Crippen LogP contribution in [0.15, 0.2) is 12.2 Å². The number of rotatable bonds is 0. The van der Waals surface area contributed by atoms with Gasteiger partial charge < -0.3 is 0 Å². The zero-order valence-corrected chi connectivity index (χ0v) is 5.63. The summed E-state index contributed by atoms with van der Waals surface area (Å²) in [5.41, 5.74) is 0. The van der Waals surface area contributed by atoms with Crippen LogP contribution in [-0.4, -0.2) is 20.1 Å². The molecule has 1 heteroatoms. The summed E-state index contributed by atoms with van der Waals surface area (Å²) in [5.74, 6) is 0. The van der Waals surface area contributed by atoms with E-state index in [4.69, 9.17) is 0 Å². The molecule has 0 spiro atoms. The van der Waals surface area contributed by atoms with Gasteiger partial charge in [-0.05, 0) is 0 Å². The van der Waals surface area contributed by atoms with E-state index in [-0.39, 0.29) is 0 Å². The maximum absolute atomic E-state index is 2.29. The van der Waals surface area contributed by atoms with E-state index >= 15 is 0 Å². The molecule has 6 heavy (non-hydrogen) atoms. The quantitative estimate of drug-likeness (QED) is 0.440. The van der Waals surface area contributed by atoms with Crippen molar-refractivity contribution in [3.8, 4) is 0 Å². The van der Waals surface area contributed by atoms with Crippen LogP contribution in [0.1, 0.15) is 6.92 Å². The first-order chi connectivity index (χ1) is 2.89. The van der Waals surface area contributed by atoms with Crippen LogP contribution in [0, 0.1) is 0 Å². The fourth-order valence-electron chi connectivity index (χ4n) is 0.446. The van der Waals surface area contributed by atoms with Gasteiger partial charge in [-0.15, -0.1) is 0 Å². The van der Waals surface area contributed by atoms with Gasteiger partial charge in [0.15, 0.2) is 0 Å². The van der Waals surface area contributed by atoms with E-state index in [9.17, 15) is 0 Å². The fraction of sp³-hybridized carbons (Fsp3) is 0.400. The Morgan fingerprint density at radius 1 is 1.67 bits per heavy atom. The molecule has 32 valence electrons. The molecule has 1 aliphatic heterocycles. The first kappa shape index (κ1) is 4.33. The van der Waals surface area contributed by atoms with E-state index in [2.05, 4.69) is 23.9 Å². The third-order valence-electron chi connectivity index (χ3n) is 0.797. The number of hydrogen-bond acceptors (Lipinski definition) is 0. The molecule has 0 aliphatic carbocycles. The van der Waals surface area contributed by atoms with E-state index in [1.165, 1.54) is 0 Å². The molecule has 1 unspecified atom stereocenters. The molecule has 0 amide bonds. The van der Waals surface area contributed by atoms with Crippen LogP contribution in [0.4, 0.5) is 0 Å². The summed E-state index contributed by atoms with van der Waals surface area (Å²) in [4.78, 5) is 2.29. The first-order valence-corrected chi connectivity index (χ1v) is 4.26. The Kier molecular flexibility index (Phi) is 1.26. The minimum absolute atomic E-state index is 0.562. The zero-order valence-electron chi connectivity index (χ0n) is 3.76. The van der Waals surface area contributed by atoms with Crippen LogP contribution < -0.4 is 0 Å². The molecule has 0 aromatic rings. The van der Waals surface area contributed by atoms with Crippen LogP contribution >= 0.6 is 0 Å². The van der Waals surface area contributed by atoms with Gasteiger partial charge in [-0.25, -0.2) is 0 Å². The van der Waals surface area contributed by atoms with Gasteiger partial charge in [0.1, 0.15) is 0 Å². The summed E-state index contributed by atoms with van der Waals surface area (Å²) < 4.78 is 0.904. The molecule has 1 rings (SSSR count). The van der Waals surface area contributed by atoms with Crippen LogP contribution in [0.3, 0.4) is 0 Å². The molecule has 0 nitrogen and oxygen atoms in total. The molecule has 1 aliphatic rings. The van der Waals surface area contributed by atoms with Gasteiger partial charge in [0.05, 0.1) is 0 Å². The zero-order chi connectivity index (χ0) is 4.41. The Morgan fingerprint density at radius 3 is 2.67 bits per heavy atom. The predicted molar refractivity (Wildman–Crippen MR) is 30.4 cm³/mol. The monoisotopic (exact) mass is 142 g/mol. The summed E-state index contributed by atoms with van der Waals surface area (Å²) in [6.07, 6.45) is 4.44. The van der Waals surface area contributed by atoms with Crippen molar-refractivity contribution in [2.75, 3.05) is 0 Å². The van der Waals surface area contributed by atoms with Gasteiger partial charge in [0, 0.05) is 0 Å². The van der Waals surface area contributed by atoms with E-state index < -0.39 is 0 Å². The third-order valence-corrected chi connectivity index (χ3v) is 2.87. The van der Waals surface area contributed by atoms with Crippen LogP contribution in [0.5, 0.6) is 0 Å². The van der Waals surface area contributed by atoms with Gasteiger partial charge in [-0.2, -0.15) is 0 Å². The standard InChI is InChI=1S/C5H7As/c1-5-3-2-4-6-5/h2-5H,1H3. The van der Waals surface area contributed by atoms with Gasteiger partial charge in [-0.1, -0.05) is 0 Å². The van der Waals surface area contributed by atoms with Crippen molar-refractivity contribution < 1.29 is 0 Å². The molecule has 0 bridgehead atoms. The summed E-state index contributed by atoms with van der Waals surface area (Å²) in [6, 6.07) is 0. The molecule has 0 saturated carbocycles. The predicted octanol–water partition coefficient (Wildman–Crippen LogP) is 0.871. The van der Waals surface area contributed by atoms with Gasteiger partial charge in [0.25, 0.3) is 0 Å². The average Bonchev–Trinajstić information content (AvgIpc) is 1.86. The molecule has 0 aromatic carbocycles. The Balaban J connectivity index is 2.60. The molecule has 0 N–H and O–H groups in total. The van der Waals surface area contributed by atoms with Gasteiger partial charge in [-0.3, -0.25) is 0 Å². The van der Waals surface area contributed by atoms with Crippen molar-refractivity contribution in [3.63, 3.8) is 0 Å². The molecule has 1 heterocycles. The second kappa shape index (κ2) is 1.75. The van der Waals surface area contributed by atoms with Crippen molar-refractivity contribution in [1.29, 1.82) is 0 Å².